The van der Waals surface area contributed by atoms with E-state index in [0.717, 1.165) is 6.07 Å². The molecule has 1 aromatic heterocycles. The first-order chi connectivity index (χ1) is 9.38. The van der Waals surface area contributed by atoms with Gasteiger partial charge in [-0.2, -0.15) is 0 Å². The lowest BCUT2D eigenvalue weighted by Crippen LogP contribution is -2.13. The third kappa shape index (κ3) is 3.13. The molecule has 0 bridgehead atoms. The fourth-order valence-corrected chi connectivity index (χ4v) is 2.12. The van der Waals surface area contributed by atoms with Gasteiger partial charge in [0, 0.05) is 6.07 Å². The monoisotopic (exact) mass is 297 g/mol. The summed E-state index contributed by atoms with van der Waals surface area (Å²) < 4.78 is 27.5. The van der Waals surface area contributed by atoms with E-state index in [9.17, 15) is 18.5 Å². The van der Waals surface area contributed by atoms with Gasteiger partial charge in [-0.25, -0.2) is 13.6 Å². The molecule has 1 aromatic carbocycles. The Hall–Kier alpha value is -2.39. The van der Waals surface area contributed by atoms with Crippen LogP contribution in [-0.2, 0) is 16.6 Å². The van der Waals surface area contributed by atoms with Crippen LogP contribution in [0.2, 0.25) is 0 Å². The number of benzene rings is 1. The molecule has 0 aliphatic carbocycles. The number of nitro benzene ring substituents is 1. The second-order valence-electron chi connectivity index (χ2n) is 3.91. The van der Waals surface area contributed by atoms with Gasteiger partial charge in [-0.05, 0) is 24.3 Å². The van der Waals surface area contributed by atoms with E-state index in [0.29, 0.717) is 5.76 Å². The molecule has 0 atom stereocenters. The Bertz CT molecular complexity index is 725. The second-order valence-corrected chi connectivity index (χ2v) is 5.48. The fourth-order valence-electron chi connectivity index (χ4n) is 1.58. The maximum Gasteiger partial charge on any atom is 0.293 e. The third-order valence-electron chi connectivity index (χ3n) is 2.53. The largest absolute Gasteiger partial charge is 0.467 e. The fraction of sp³-hybridized carbons (Fsp3) is 0.0909. The van der Waals surface area contributed by atoms with E-state index in [1.54, 1.807) is 12.1 Å². The second kappa shape index (κ2) is 5.31. The Balaban J connectivity index is 2.31. The first kappa shape index (κ1) is 14.0. The van der Waals surface area contributed by atoms with E-state index < -0.39 is 14.9 Å². The Morgan fingerprint density at radius 1 is 1.35 bits per heavy atom. The van der Waals surface area contributed by atoms with Crippen molar-refractivity contribution < 1.29 is 17.8 Å². The van der Waals surface area contributed by atoms with Gasteiger partial charge in [-0.15, -0.1) is 0 Å². The van der Waals surface area contributed by atoms with Crippen LogP contribution in [-0.4, -0.2) is 13.3 Å². The normalized spacial score (nSPS) is 11.2. The van der Waals surface area contributed by atoms with Gasteiger partial charge in [-0.3, -0.25) is 10.1 Å². The molecule has 0 aliphatic rings. The molecule has 3 N–H and O–H groups in total. The molecule has 0 radical (unpaired) electrons. The molecule has 2 rings (SSSR count). The maximum atomic E-state index is 11.2. The lowest BCUT2D eigenvalue weighted by molar-refractivity contribution is -0.384. The zero-order valence-electron chi connectivity index (χ0n) is 10.1. The molecule has 106 valence electrons. The molecule has 0 saturated heterocycles. The van der Waals surface area contributed by atoms with Gasteiger partial charge < -0.3 is 9.73 Å². The zero-order valence-corrected chi connectivity index (χ0v) is 11.0. The number of anilines is 1. The SMILES string of the molecule is NS(=O)(=O)c1ccc(NCc2ccco2)c([N+](=O)[O-])c1. The topological polar surface area (TPSA) is 128 Å². The summed E-state index contributed by atoms with van der Waals surface area (Å²) in [5.74, 6) is 0.592. The minimum Gasteiger partial charge on any atom is -0.467 e. The van der Waals surface area contributed by atoms with Crippen molar-refractivity contribution in [3.63, 3.8) is 0 Å². The summed E-state index contributed by atoms with van der Waals surface area (Å²) in [5.41, 5.74) is -0.193. The molecular formula is C11H11N3O5S. The van der Waals surface area contributed by atoms with E-state index in [1.807, 2.05) is 0 Å². The van der Waals surface area contributed by atoms with Crippen LogP contribution in [0.25, 0.3) is 0 Å². The molecule has 0 spiro atoms. The third-order valence-corrected chi connectivity index (χ3v) is 3.44. The Kier molecular flexibility index (Phi) is 3.72. The highest BCUT2D eigenvalue weighted by Crippen LogP contribution is 2.27. The van der Waals surface area contributed by atoms with Crippen molar-refractivity contribution in [2.75, 3.05) is 5.32 Å². The van der Waals surface area contributed by atoms with E-state index in [1.165, 1.54) is 18.4 Å². The summed E-state index contributed by atoms with van der Waals surface area (Å²) in [6.45, 7) is 0.239. The summed E-state index contributed by atoms with van der Waals surface area (Å²) in [4.78, 5) is 9.98. The van der Waals surface area contributed by atoms with Gasteiger partial charge in [-0.1, -0.05) is 0 Å². The molecule has 9 heteroatoms. The van der Waals surface area contributed by atoms with Crippen molar-refractivity contribution >= 4 is 21.4 Å². The number of nitro groups is 1. The molecule has 0 aliphatic heterocycles. The summed E-state index contributed by atoms with van der Waals surface area (Å²) in [7, 11) is -3.98. The first-order valence-corrected chi connectivity index (χ1v) is 7.00. The maximum absolute atomic E-state index is 11.2. The number of furan rings is 1. The van der Waals surface area contributed by atoms with Gasteiger partial charge in [0.15, 0.2) is 0 Å². The van der Waals surface area contributed by atoms with E-state index >= 15 is 0 Å². The number of nitrogens with two attached hydrogens (primary N) is 1. The van der Waals surface area contributed by atoms with E-state index in [4.69, 9.17) is 9.56 Å². The molecule has 0 unspecified atom stereocenters. The molecular weight excluding hydrogens is 286 g/mol. The van der Waals surface area contributed by atoms with Crippen LogP contribution in [0.5, 0.6) is 0 Å². The molecule has 0 amide bonds. The smallest absolute Gasteiger partial charge is 0.293 e. The Morgan fingerprint density at radius 3 is 2.65 bits per heavy atom. The lowest BCUT2D eigenvalue weighted by Gasteiger charge is -2.06. The van der Waals surface area contributed by atoms with Gasteiger partial charge in [0.25, 0.3) is 5.69 Å². The van der Waals surface area contributed by atoms with E-state index in [-0.39, 0.29) is 22.8 Å². The highest BCUT2D eigenvalue weighted by atomic mass is 32.2. The zero-order chi connectivity index (χ0) is 14.8. The van der Waals surface area contributed by atoms with Gasteiger partial charge in [0.2, 0.25) is 10.0 Å². The van der Waals surface area contributed by atoms with Crippen LogP contribution in [0, 0.1) is 10.1 Å². The number of sulfonamides is 1. The molecule has 2 aromatic rings. The van der Waals surface area contributed by atoms with Gasteiger partial charge in [0.05, 0.1) is 22.6 Å². The van der Waals surface area contributed by atoms with Crippen molar-refractivity contribution in [3.05, 3.63) is 52.5 Å². The van der Waals surface area contributed by atoms with Crippen LogP contribution in [0.1, 0.15) is 5.76 Å². The number of hydrogen-bond donors (Lipinski definition) is 2. The average Bonchev–Trinajstić information content (AvgIpc) is 2.88. The minimum atomic E-state index is -3.98. The Labute approximate surface area is 114 Å². The first-order valence-electron chi connectivity index (χ1n) is 5.45. The van der Waals surface area contributed by atoms with Crippen molar-refractivity contribution in [2.45, 2.75) is 11.4 Å². The van der Waals surface area contributed by atoms with Crippen molar-refractivity contribution in [2.24, 2.45) is 5.14 Å². The average molecular weight is 297 g/mol. The molecule has 8 nitrogen and oxygen atoms in total. The van der Waals surface area contributed by atoms with Crippen LogP contribution in [0.15, 0.2) is 45.9 Å². The molecule has 1 heterocycles. The molecule has 0 fully saturated rings. The predicted molar refractivity (Wildman–Crippen MR) is 70.5 cm³/mol. The Morgan fingerprint density at radius 2 is 2.10 bits per heavy atom. The number of rotatable bonds is 5. The van der Waals surface area contributed by atoms with E-state index in [2.05, 4.69) is 5.32 Å². The summed E-state index contributed by atoms with van der Waals surface area (Å²) in [6.07, 6.45) is 1.48. The molecule has 20 heavy (non-hydrogen) atoms. The number of hydrogen-bond acceptors (Lipinski definition) is 6. The van der Waals surface area contributed by atoms with Gasteiger partial charge in [0.1, 0.15) is 11.4 Å². The number of nitrogens with one attached hydrogen (secondary N) is 1. The van der Waals surface area contributed by atoms with Crippen molar-refractivity contribution in [1.82, 2.24) is 0 Å². The summed E-state index contributed by atoms with van der Waals surface area (Å²) in [6, 6.07) is 6.81. The highest BCUT2D eigenvalue weighted by molar-refractivity contribution is 7.89. The number of nitrogens with zero attached hydrogens (tertiary/aromatic N) is 1. The van der Waals surface area contributed by atoms with Crippen molar-refractivity contribution in [3.8, 4) is 0 Å². The highest BCUT2D eigenvalue weighted by Gasteiger charge is 2.18. The minimum absolute atomic E-state index is 0.179. The van der Waals surface area contributed by atoms with Crippen LogP contribution >= 0.6 is 0 Å². The summed E-state index contributed by atoms with van der Waals surface area (Å²) >= 11 is 0. The van der Waals surface area contributed by atoms with Crippen LogP contribution in [0.4, 0.5) is 11.4 Å². The van der Waals surface area contributed by atoms with Gasteiger partial charge >= 0.3 is 0 Å². The van der Waals surface area contributed by atoms with Crippen molar-refractivity contribution in [1.29, 1.82) is 0 Å². The summed E-state index contributed by atoms with van der Waals surface area (Å²) in [5, 5.41) is 18.7. The lowest BCUT2D eigenvalue weighted by atomic mass is 10.2. The molecule has 0 saturated carbocycles. The number of primary sulfonamides is 1. The predicted octanol–water partition coefficient (Wildman–Crippen LogP) is 1.45. The van der Waals surface area contributed by atoms with Crippen LogP contribution in [0.3, 0.4) is 0 Å². The quantitative estimate of drug-likeness (QED) is 0.634. The standard InChI is InChI=1S/C11H11N3O5S/c12-20(17,18)9-3-4-10(11(6-9)14(15)16)13-7-8-2-1-5-19-8/h1-6,13H,7H2,(H2,12,17,18). The van der Waals surface area contributed by atoms with Crippen LogP contribution < -0.4 is 10.5 Å².